The largest absolute Gasteiger partial charge is 0.295 e. The van der Waals surface area contributed by atoms with Crippen molar-refractivity contribution in [3.05, 3.63) is 50.7 Å². The summed E-state index contributed by atoms with van der Waals surface area (Å²) >= 11 is 4.81. The van der Waals surface area contributed by atoms with E-state index in [4.69, 9.17) is 0 Å². The number of rotatable bonds is 3. The lowest BCUT2D eigenvalue weighted by Crippen LogP contribution is -2.15. The molecule has 128 valence electrons. The lowest BCUT2D eigenvalue weighted by Gasteiger charge is -2.14. The van der Waals surface area contributed by atoms with Gasteiger partial charge in [-0.25, -0.2) is 4.68 Å². The Kier molecular flexibility index (Phi) is 4.39. The highest BCUT2D eigenvalue weighted by Gasteiger charge is 2.26. The summed E-state index contributed by atoms with van der Waals surface area (Å²) < 4.78 is 2.92. The summed E-state index contributed by atoms with van der Waals surface area (Å²) in [7, 11) is 0. The van der Waals surface area contributed by atoms with Gasteiger partial charge in [0.25, 0.3) is 5.91 Å². The minimum Gasteiger partial charge on any atom is -0.295 e. The number of halogens is 1. The second-order valence-electron chi connectivity index (χ2n) is 5.95. The van der Waals surface area contributed by atoms with Crippen molar-refractivity contribution in [2.45, 2.75) is 32.6 Å². The zero-order valence-corrected chi connectivity index (χ0v) is 16.0. The predicted octanol–water partition coefficient (Wildman–Crippen LogP) is 3.93. The third-order valence-corrected chi connectivity index (χ3v) is 5.50. The molecule has 0 unspecified atom stereocenters. The fourth-order valence-corrected chi connectivity index (χ4v) is 3.93. The highest BCUT2D eigenvalue weighted by Crippen LogP contribution is 2.28. The number of carbonyl (C=O) groups is 1. The van der Waals surface area contributed by atoms with Crippen LogP contribution in [0.15, 0.2) is 28.7 Å². The summed E-state index contributed by atoms with van der Waals surface area (Å²) in [6.07, 6.45) is 4.01. The maximum atomic E-state index is 12.7. The minimum atomic E-state index is -0.217. The van der Waals surface area contributed by atoms with Crippen LogP contribution in [0.5, 0.6) is 0 Å². The normalized spacial score (nSPS) is 13.5. The molecule has 0 bridgehead atoms. The summed E-state index contributed by atoms with van der Waals surface area (Å²) in [4.78, 5) is 12.7. The van der Waals surface area contributed by atoms with Crippen molar-refractivity contribution in [2.24, 2.45) is 0 Å². The van der Waals surface area contributed by atoms with Gasteiger partial charge in [0.15, 0.2) is 5.69 Å². The summed E-state index contributed by atoms with van der Waals surface area (Å²) in [5.41, 5.74) is 3.64. The van der Waals surface area contributed by atoms with E-state index in [-0.39, 0.29) is 5.91 Å². The summed E-state index contributed by atoms with van der Waals surface area (Å²) in [5, 5.41) is 16.7. The van der Waals surface area contributed by atoms with Crippen molar-refractivity contribution in [2.75, 3.05) is 5.32 Å². The molecule has 0 saturated carbocycles. The Labute approximate surface area is 157 Å². The fraction of sp³-hybridized carbons (Fsp3) is 0.294. The quantitative estimate of drug-likeness (QED) is 0.700. The van der Waals surface area contributed by atoms with Crippen molar-refractivity contribution < 1.29 is 4.79 Å². The molecule has 1 N–H and O–H groups in total. The van der Waals surface area contributed by atoms with Crippen LogP contribution in [0.1, 0.15) is 39.6 Å². The van der Waals surface area contributed by atoms with Crippen LogP contribution in [0, 0.1) is 6.92 Å². The lowest BCUT2D eigenvalue weighted by atomic mass is 9.95. The summed E-state index contributed by atoms with van der Waals surface area (Å²) in [5.74, 6) is -0.217. The van der Waals surface area contributed by atoms with E-state index >= 15 is 0 Å². The third-order valence-electron chi connectivity index (χ3n) is 4.21. The molecular weight excluding hydrogens is 402 g/mol. The Morgan fingerprint density at radius 1 is 1.20 bits per heavy atom. The Morgan fingerprint density at radius 3 is 2.68 bits per heavy atom. The maximum absolute atomic E-state index is 12.7. The van der Waals surface area contributed by atoms with Crippen LogP contribution >= 0.6 is 27.3 Å². The molecule has 4 rings (SSSR count). The average Bonchev–Trinajstić information content (AvgIpc) is 3.19. The molecule has 3 aromatic rings. The fourth-order valence-electron chi connectivity index (χ4n) is 3.08. The molecule has 1 amide bonds. The van der Waals surface area contributed by atoms with Crippen LogP contribution in [-0.2, 0) is 12.8 Å². The van der Waals surface area contributed by atoms with E-state index in [1.54, 1.807) is 0 Å². The first-order chi connectivity index (χ1) is 12.1. The van der Waals surface area contributed by atoms with Gasteiger partial charge in [0.1, 0.15) is 5.01 Å². The number of hydrogen-bond donors (Lipinski definition) is 1. The first-order valence-electron chi connectivity index (χ1n) is 8.10. The average molecular weight is 418 g/mol. The van der Waals surface area contributed by atoms with Gasteiger partial charge < -0.3 is 0 Å². The molecule has 0 atom stereocenters. The van der Waals surface area contributed by atoms with E-state index in [1.807, 2.05) is 35.9 Å². The molecule has 25 heavy (non-hydrogen) atoms. The molecule has 1 aromatic carbocycles. The van der Waals surface area contributed by atoms with E-state index in [0.29, 0.717) is 10.8 Å². The molecule has 2 heterocycles. The lowest BCUT2D eigenvalue weighted by molar-refractivity contribution is 0.102. The molecule has 0 spiro atoms. The van der Waals surface area contributed by atoms with Crippen LogP contribution in [0.25, 0.3) is 5.69 Å². The van der Waals surface area contributed by atoms with Crippen LogP contribution in [0.3, 0.4) is 0 Å². The van der Waals surface area contributed by atoms with Crippen LogP contribution in [0.4, 0.5) is 5.13 Å². The van der Waals surface area contributed by atoms with E-state index in [1.165, 1.54) is 11.3 Å². The van der Waals surface area contributed by atoms with Crippen LogP contribution < -0.4 is 5.32 Å². The summed E-state index contributed by atoms with van der Waals surface area (Å²) in [6.45, 7) is 1.86. The first kappa shape index (κ1) is 16.4. The molecule has 0 aliphatic heterocycles. The van der Waals surface area contributed by atoms with Gasteiger partial charge >= 0.3 is 0 Å². The number of aryl methyl sites for hydroxylation is 1. The Balaban J connectivity index is 1.72. The van der Waals surface area contributed by atoms with Crippen molar-refractivity contribution in [3.63, 3.8) is 0 Å². The van der Waals surface area contributed by atoms with Gasteiger partial charge in [0, 0.05) is 15.7 Å². The SMILES string of the molecule is Cc1nnc(NC(=O)c2nn(-c3ccc(Br)cc3)c3c2CCCC3)s1. The van der Waals surface area contributed by atoms with E-state index < -0.39 is 0 Å². The molecule has 2 aromatic heterocycles. The molecule has 6 nitrogen and oxygen atoms in total. The van der Waals surface area contributed by atoms with E-state index in [2.05, 4.69) is 36.5 Å². The Morgan fingerprint density at radius 2 is 1.96 bits per heavy atom. The van der Waals surface area contributed by atoms with Crippen molar-refractivity contribution in [1.29, 1.82) is 0 Å². The smallest absolute Gasteiger partial charge is 0.278 e. The number of nitrogens with zero attached hydrogens (tertiary/aromatic N) is 4. The first-order valence-corrected chi connectivity index (χ1v) is 9.71. The number of carbonyl (C=O) groups excluding carboxylic acids is 1. The highest BCUT2D eigenvalue weighted by atomic mass is 79.9. The molecule has 0 fully saturated rings. The van der Waals surface area contributed by atoms with Gasteiger partial charge in [-0.15, -0.1) is 10.2 Å². The second kappa shape index (κ2) is 6.68. The molecular formula is C17H16BrN5OS. The van der Waals surface area contributed by atoms with Crippen molar-refractivity contribution in [3.8, 4) is 5.69 Å². The van der Waals surface area contributed by atoms with Gasteiger partial charge in [0.2, 0.25) is 5.13 Å². The molecule has 0 saturated heterocycles. The molecule has 0 radical (unpaired) electrons. The topological polar surface area (TPSA) is 72.7 Å². The third kappa shape index (κ3) is 3.23. The number of hydrogen-bond acceptors (Lipinski definition) is 5. The van der Waals surface area contributed by atoms with Crippen LogP contribution in [-0.4, -0.2) is 25.9 Å². The standard InChI is InChI=1S/C17H16BrN5OS/c1-10-20-21-17(25-10)19-16(24)15-13-4-2-3-5-14(13)23(22-15)12-8-6-11(18)7-9-12/h6-9H,2-5H2,1H3,(H,19,21,24). The molecule has 1 aliphatic carbocycles. The number of nitrogens with one attached hydrogen (secondary N) is 1. The number of benzene rings is 1. The minimum absolute atomic E-state index is 0.217. The number of anilines is 1. The number of amides is 1. The van der Waals surface area contributed by atoms with Crippen molar-refractivity contribution >= 4 is 38.3 Å². The molecule has 8 heteroatoms. The van der Waals surface area contributed by atoms with E-state index in [0.717, 1.165) is 52.1 Å². The zero-order valence-electron chi connectivity index (χ0n) is 13.6. The Bertz CT molecular complexity index is 931. The predicted molar refractivity (Wildman–Crippen MR) is 101 cm³/mol. The maximum Gasteiger partial charge on any atom is 0.278 e. The molecule has 1 aliphatic rings. The second-order valence-corrected chi connectivity index (χ2v) is 8.05. The number of aromatic nitrogens is 4. The van der Waals surface area contributed by atoms with Crippen LogP contribution in [0.2, 0.25) is 0 Å². The van der Waals surface area contributed by atoms with Gasteiger partial charge in [-0.05, 0) is 56.9 Å². The summed E-state index contributed by atoms with van der Waals surface area (Å²) in [6, 6.07) is 7.97. The Hall–Kier alpha value is -2.06. The number of fused-ring (bicyclic) bond motifs is 1. The van der Waals surface area contributed by atoms with Crippen molar-refractivity contribution in [1.82, 2.24) is 20.0 Å². The van der Waals surface area contributed by atoms with Gasteiger partial charge in [-0.3, -0.25) is 10.1 Å². The van der Waals surface area contributed by atoms with Gasteiger partial charge in [-0.1, -0.05) is 27.3 Å². The zero-order chi connectivity index (χ0) is 17.4. The monoisotopic (exact) mass is 417 g/mol. The van der Waals surface area contributed by atoms with Gasteiger partial charge in [0.05, 0.1) is 5.69 Å². The highest BCUT2D eigenvalue weighted by molar-refractivity contribution is 9.10. The van der Waals surface area contributed by atoms with E-state index in [9.17, 15) is 4.79 Å². The van der Waals surface area contributed by atoms with Gasteiger partial charge in [-0.2, -0.15) is 5.10 Å².